The zero-order chi connectivity index (χ0) is 13.0. The van der Waals surface area contributed by atoms with E-state index in [0.29, 0.717) is 5.88 Å². The van der Waals surface area contributed by atoms with Gasteiger partial charge in [0.2, 0.25) is 0 Å². The predicted molar refractivity (Wildman–Crippen MR) is 76.8 cm³/mol. The Labute approximate surface area is 120 Å². The summed E-state index contributed by atoms with van der Waals surface area (Å²) in [5.41, 5.74) is 0.960. The Hall–Kier alpha value is -1.19. The Kier molecular flexibility index (Phi) is 4.50. The molecule has 0 saturated heterocycles. The van der Waals surface area contributed by atoms with Gasteiger partial charge in [0, 0.05) is 5.56 Å². The maximum atomic E-state index is 5.87. The zero-order valence-corrected chi connectivity index (χ0v) is 12.2. The lowest BCUT2D eigenvalue weighted by atomic mass is 10.2. The number of hydrogen-bond donors (Lipinski definition) is 0. The van der Waals surface area contributed by atoms with E-state index < -0.39 is 0 Å². The largest absolute Gasteiger partial charge is 0.497 e. The van der Waals surface area contributed by atoms with Crippen molar-refractivity contribution in [2.24, 2.45) is 0 Å². The van der Waals surface area contributed by atoms with Crippen LogP contribution in [0.4, 0.5) is 0 Å². The second kappa shape index (κ2) is 6.12. The average molecular weight is 328 g/mol. The van der Waals surface area contributed by atoms with E-state index in [1.807, 2.05) is 42.5 Å². The van der Waals surface area contributed by atoms with Gasteiger partial charge in [-0.2, -0.15) is 0 Å². The lowest BCUT2D eigenvalue weighted by Crippen LogP contribution is -1.91. The topological polar surface area (TPSA) is 18.5 Å². The van der Waals surface area contributed by atoms with Crippen LogP contribution in [0.25, 0.3) is 0 Å². The summed E-state index contributed by atoms with van der Waals surface area (Å²) in [6.07, 6.45) is 0. The third-order valence-corrected chi connectivity index (χ3v) is 3.38. The van der Waals surface area contributed by atoms with Crippen LogP contribution in [0.1, 0.15) is 5.56 Å². The van der Waals surface area contributed by atoms with Crippen molar-refractivity contribution in [3.05, 3.63) is 52.5 Å². The molecule has 0 aliphatic heterocycles. The third kappa shape index (κ3) is 2.98. The molecule has 18 heavy (non-hydrogen) atoms. The third-order valence-electron chi connectivity index (χ3n) is 2.48. The van der Waals surface area contributed by atoms with E-state index in [4.69, 9.17) is 21.1 Å². The molecule has 2 nitrogen and oxygen atoms in total. The number of rotatable bonds is 4. The zero-order valence-electron chi connectivity index (χ0n) is 9.82. The van der Waals surface area contributed by atoms with Crippen LogP contribution in [0.15, 0.2) is 46.9 Å². The van der Waals surface area contributed by atoms with Gasteiger partial charge in [0.1, 0.15) is 17.2 Å². The molecule has 94 valence electrons. The number of para-hydroxylation sites is 1. The van der Waals surface area contributed by atoms with Gasteiger partial charge in [-0.25, -0.2) is 0 Å². The summed E-state index contributed by atoms with van der Waals surface area (Å²) in [4.78, 5) is 0. The summed E-state index contributed by atoms with van der Waals surface area (Å²) in [5.74, 6) is 2.69. The van der Waals surface area contributed by atoms with E-state index >= 15 is 0 Å². The maximum absolute atomic E-state index is 5.87. The van der Waals surface area contributed by atoms with Crippen LogP contribution in [0.2, 0.25) is 0 Å². The van der Waals surface area contributed by atoms with E-state index in [9.17, 15) is 0 Å². The average Bonchev–Trinajstić information content (AvgIpc) is 2.41. The molecular formula is C14H12BrClO2. The van der Waals surface area contributed by atoms with E-state index in [1.165, 1.54) is 0 Å². The van der Waals surface area contributed by atoms with Crippen molar-refractivity contribution < 1.29 is 9.47 Å². The van der Waals surface area contributed by atoms with Gasteiger partial charge in [0.25, 0.3) is 0 Å². The second-order valence-corrected chi connectivity index (χ2v) is 4.76. The number of benzene rings is 2. The van der Waals surface area contributed by atoms with Crippen molar-refractivity contribution in [2.45, 2.75) is 5.88 Å². The minimum absolute atomic E-state index is 0.421. The molecule has 2 aromatic carbocycles. The lowest BCUT2D eigenvalue weighted by Gasteiger charge is -2.11. The van der Waals surface area contributed by atoms with Crippen molar-refractivity contribution in [1.29, 1.82) is 0 Å². The first-order valence-electron chi connectivity index (χ1n) is 5.40. The number of halogens is 2. The highest BCUT2D eigenvalue weighted by atomic mass is 79.9. The SMILES string of the molecule is COc1ccc(Oc2ccccc2CCl)c(Br)c1. The second-order valence-electron chi connectivity index (χ2n) is 3.64. The van der Waals surface area contributed by atoms with Gasteiger partial charge in [-0.1, -0.05) is 18.2 Å². The van der Waals surface area contributed by atoms with E-state index in [1.54, 1.807) is 7.11 Å². The van der Waals surface area contributed by atoms with Crippen molar-refractivity contribution in [3.8, 4) is 17.2 Å². The van der Waals surface area contributed by atoms with Crippen molar-refractivity contribution in [2.75, 3.05) is 7.11 Å². The van der Waals surface area contributed by atoms with Gasteiger partial charge in [-0.15, -0.1) is 11.6 Å². The summed E-state index contributed by atoms with van der Waals surface area (Å²) in [6, 6.07) is 13.3. The Morgan fingerprint density at radius 3 is 2.56 bits per heavy atom. The Bertz CT molecular complexity index is 543. The fourth-order valence-corrected chi connectivity index (χ4v) is 2.18. The molecule has 0 amide bonds. The molecule has 0 heterocycles. The molecule has 0 aliphatic rings. The molecule has 0 aliphatic carbocycles. The molecule has 0 unspecified atom stereocenters. The first kappa shape index (κ1) is 13.2. The first-order chi connectivity index (χ1) is 8.74. The van der Waals surface area contributed by atoms with Gasteiger partial charge >= 0.3 is 0 Å². The molecular weight excluding hydrogens is 316 g/mol. The molecule has 0 aromatic heterocycles. The molecule has 0 bridgehead atoms. The Morgan fingerprint density at radius 1 is 1.11 bits per heavy atom. The van der Waals surface area contributed by atoms with Gasteiger partial charge in [-0.05, 0) is 40.2 Å². The van der Waals surface area contributed by atoms with Crippen LogP contribution in [-0.2, 0) is 5.88 Å². The van der Waals surface area contributed by atoms with Crippen molar-refractivity contribution in [3.63, 3.8) is 0 Å². The van der Waals surface area contributed by atoms with Crippen LogP contribution in [-0.4, -0.2) is 7.11 Å². The molecule has 0 saturated carbocycles. The maximum Gasteiger partial charge on any atom is 0.141 e. The van der Waals surface area contributed by atoms with Crippen LogP contribution in [0, 0.1) is 0 Å². The van der Waals surface area contributed by atoms with Crippen molar-refractivity contribution in [1.82, 2.24) is 0 Å². The molecule has 0 N–H and O–H groups in total. The normalized spacial score (nSPS) is 10.2. The molecule has 2 rings (SSSR count). The minimum atomic E-state index is 0.421. The highest BCUT2D eigenvalue weighted by molar-refractivity contribution is 9.10. The van der Waals surface area contributed by atoms with Crippen LogP contribution in [0.3, 0.4) is 0 Å². The van der Waals surface area contributed by atoms with Gasteiger partial charge in [0.15, 0.2) is 0 Å². The Morgan fingerprint density at radius 2 is 1.89 bits per heavy atom. The van der Waals surface area contributed by atoms with Crippen LogP contribution in [0.5, 0.6) is 17.2 Å². The van der Waals surface area contributed by atoms with E-state index in [2.05, 4.69) is 15.9 Å². The summed E-state index contributed by atoms with van der Waals surface area (Å²) in [6.45, 7) is 0. The molecule has 0 fully saturated rings. The quantitative estimate of drug-likeness (QED) is 0.737. The highest BCUT2D eigenvalue weighted by Gasteiger charge is 2.07. The van der Waals surface area contributed by atoms with E-state index in [-0.39, 0.29) is 0 Å². The summed E-state index contributed by atoms with van der Waals surface area (Å²) in [5, 5.41) is 0. The monoisotopic (exact) mass is 326 g/mol. The standard InChI is InChI=1S/C14H12BrClO2/c1-17-11-6-7-14(12(15)8-11)18-13-5-3-2-4-10(13)9-16/h2-8H,9H2,1H3. The molecule has 4 heteroatoms. The highest BCUT2D eigenvalue weighted by Crippen LogP contribution is 2.34. The fraction of sp³-hybridized carbons (Fsp3) is 0.143. The minimum Gasteiger partial charge on any atom is -0.497 e. The van der Waals surface area contributed by atoms with Crippen LogP contribution < -0.4 is 9.47 Å². The first-order valence-corrected chi connectivity index (χ1v) is 6.72. The molecule has 0 atom stereocenters. The molecule has 0 spiro atoms. The number of alkyl halides is 1. The smallest absolute Gasteiger partial charge is 0.141 e. The van der Waals surface area contributed by atoms with E-state index in [0.717, 1.165) is 27.3 Å². The number of hydrogen-bond acceptors (Lipinski definition) is 2. The summed E-state index contributed by atoms with van der Waals surface area (Å²) in [7, 11) is 1.63. The lowest BCUT2D eigenvalue weighted by molar-refractivity contribution is 0.412. The van der Waals surface area contributed by atoms with Crippen molar-refractivity contribution >= 4 is 27.5 Å². The van der Waals surface area contributed by atoms with Gasteiger partial charge in [0.05, 0.1) is 17.5 Å². The van der Waals surface area contributed by atoms with Gasteiger partial charge < -0.3 is 9.47 Å². The molecule has 0 radical (unpaired) electrons. The predicted octanol–water partition coefficient (Wildman–Crippen LogP) is 4.99. The fourth-order valence-electron chi connectivity index (χ4n) is 1.52. The number of methoxy groups -OCH3 is 1. The van der Waals surface area contributed by atoms with Gasteiger partial charge in [-0.3, -0.25) is 0 Å². The summed E-state index contributed by atoms with van der Waals surface area (Å²) >= 11 is 9.33. The summed E-state index contributed by atoms with van der Waals surface area (Å²) < 4.78 is 11.8. The number of ether oxygens (including phenoxy) is 2. The van der Waals surface area contributed by atoms with Crippen LogP contribution >= 0.6 is 27.5 Å². The molecule has 2 aromatic rings. The Balaban J connectivity index is 2.28.